The summed E-state index contributed by atoms with van der Waals surface area (Å²) in [7, 11) is 0. The van der Waals surface area contributed by atoms with Gasteiger partial charge in [-0.1, -0.05) is 12.5 Å². The lowest BCUT2D eigenvalue weighted by Gasteiger charge is -2.24. The van der Waals surface area contributed by atoms with Crippen LogP contribution in [0, 0.1) is 11.8 Å². The minimum absolute atomic E-state index is 0.00926. The number of hydrogen-bond acceptors (Lipinski definition) is 3. The van der Waals surface area contributed by atoms with Gasteiger partial charge in [0.2, 0.25) is 5.91 Å². The van der Waals surface area contributed by atoms with E-state index in [1.807, 2.05) is 17.5 Å². The molecule has 2 aliphatic carbocycles. The minimum atomic E-state index is -0.492. The minimum Gasteiger partial charge on any atom is -0.351 e. The Morgan fingerprint density at radius 3 is 2.94 bits per heavy atom. The lowest BCUT2D eigenvalue weighted by Crippen LogP contribution is -2.43. The zero-order chi connectivity index (χ0) is 11.8. The fourth-order valence-corrected chi connectivity index (χ4v) is 4.02. The summed E-state index contributed by atoms with van der Waals surface area (Å²) < 4.78 is 0. The Morgan fingerprint density at radius 2 is 2.35 bits per heavy atom. The molecule has 0 aliphatic heterocycles. The Labute approximate surface area is 105 Å². The molecule has 1 aromatic rings. The van der Waals surface area contributed by atoms with E-state index in [2.05, 4.69) is 5.32 Å². The van der Waals surface area contributed by atoms with Gasteiger partial charge in [0.05, 0.1) is 0 Å². The van der Waals surface area contributed by atoms with E-state index < -0.39 is 6.04 Å². The van der Waals surface area contributed by atoms with Crippen molar-refractivity contribution in [3.8, 4) is 0 Å². The van der Waals surface area contributed by atoms with E-state index in [0.29, 0.717) is 12.0 Å². The van der Waals surface area contributed by atoms with Crippen LogP contribution < -0.4 is 11.1 Å². The van der Waals surface area contributed by atoms with Crippen molar-refractivity contribution in [1.29, 1.82) is 0 Å². The van der Waals surface area contributed by atoms with Crippen LogP contribution in [-0.4, -0.2) is 11.9 Å². The van der Waals surface area contributed by atoms with Crippen LogP contribution in [-0.2, 0) is 4.79 Å². The molecule has 3 N–H and O–H groups in total. The topological polar surface area (TPSA) is 55.1 Å². The summed E-state index contributed by atoms with van der Waals surface area (Å²) in [5, 5.41) is 5.10. The fourth-order valence-electron chi connectivity index (χ4n) is 3.29. The second-order valence-corrected chi connectivity index (χ2v) is 6.26. The number of nitrogens with one attached hydrogen (secondary N) is 1. The largest absolute Gasteiger partial charge is 0.351 e. The highest BCUT2D eigenvalue weighted by Crippen LogP contribution is 2.44. The van der Waals surface area contributed by atoms with Gasteiger partial charge in [-0.15, -0.1) is 11.3 Å². The summed E-state index contributed by atoms with van der Waals surface area (Å²) in [6.07, 6.45) is 5.10. The Balaban J connectivity index is 1.60. The molecule has 3 nitrogen and oxygen atoms in total. The number of rotatable bonds is 3. The maximum atomic E-state index is 12.0. The van der Waals surface area contributed by atoms with E-state index in [0.717, 1.165) is 17.2 Å². The summed E-state index contributed by atoms with van der Waals surface area (Å²) in [5.41, 5.74) is 5.96. The molecule has 4 unspecified atom stereocenters. The standard InChI is InChI=1S/C13H18N2OS/c14-12(11-2-1-5-17-11)13(16)15-10-7-8-3-4-9(10)6-8/h1-2,5,8-10,12H,3-4,6-7,14H2,(H,15,16). The molecule has 2 fully saturated rings. The van der Waals surface area contributed by atoms with Gasteiger partial charge in [-0.25, -0.2) is 0 Å². The van der Waals surface area contributed by atoms with E-state index in [9.17, 15) is 4.79 Å². The third kappa shape index (κ3) is 2.11. The molecule has 0 aromatic carbocycles. The van der Waals surface area contributed by atoms with Crippen molar-refractivity contribution in [3.05, 3.63) is 22.4 Å². The predicted molar refractivity (Wildman–Crippen MR) is 68.6 cm³/mol. The van der Waals surface area contributed by atoms with E-state index in [1.54, 1.807) is 11.3 Å². The normalized spacial score (nSPS) is 32.6. The van der Waals surface area contributed by atoms with Crippen LogP contribution in [0.15, 0.2) is 17.5 Å². The van der Waals surface area contributed by atoms with E-state index in [1.165, 1.54) is 19.3 Å². The molecule has 2 saturated carbocycles. The summed E-state index contributed by atoms with van der Waals surface area (Å²) >= 11 is 1.55. The van der Waals surface area contributed by atoms with Gasteiger partial charge in [-0.05, 0) is 42.5 Å². The lowest BCUT2D eigenvalue weighted by molar-refractivity contribution is -0.123. The molecule has 4 heteroatoms. The SMILES string of the molecule is NC(C(=O)NC1CC2CCC1C2)c1cccs1. The second kappa shape index (κ2) is 4.42. The van der Waals surface area contributed by atoms with Gasteiger partial charge in [0, 0.05) is 10.9 Å². The van der Waals surface area contributed by atoms with Gasteiger partial charge >= 0.3 is 0 Å². The Bertz CT molecular complexity index is 404. The van der Waals surface area contributed by atoms with Gasteiger partial charge in [0.15, 0.2) is 0 Å². The maximum Gasteiger partial charge on any atom is 0.242 e. The smallest absolute Gasteiger partial charge is 0.242 e. The number of nitrogens with two attached hydrogens (primary N) is 1. The molecule has 2 bridgehead atoms. The van der Waals surface area contributed by atoms with Crippen LogP contribution in [0.1, 0.15) is 36.6 Å². The number of carbonyl (C=O) groups excluding carboxylic acids is 1. The number of thiophene rings is 1. The zero-order valence-electron chi connectivity index (χ0n) is 9.76. The van der Waals surface area contributed by atoms with Crippen LogP contribution in [0.2, 0.25) is 0 Å². The van der Waals surface area contributed by atoms with Crippen molar-refractivity contribution in [2.45, 2.75) is 37.8 Å². The molecule has 1 aromatic heterocycles. The number of carbonyl (C=O) groups is 1. The maximum absolute atomic E-state index is 12.0. The van der Waals surface area contributed by atoms with Crippen molar-refractivity contribution in [2.75, 3.05) is 0 Å². The number of hydrogen-bond donors (Lipinski definition) is 2. The first-order chi connectivity index (χ1) is 8.24. The molecule has 0 radical (unpaired) electrons. The first-order valence-electron chi connectivity index (χ1n) is 6.33. The highest BCUT2D eigenvalue weighted by Gasteiger charge is 2.40. The zero-order valence-corrected chi connectivity index (χ0v) is 10.6. The third-order valence-corrected chi connectivity index (χ3v) is 5.15. The molecule has 0 spiro atoms. The van der Waals surface area contributed by atoms with Crippen LogP contribution in [0.3, 0.4) is 0 Å². The molecule has 2 aliphatic rings. The summed E-state index contributed by atoms with van der Waals surface area (Å²) in [4.78, 5) is 13.0. The number of amides is 1. The molecular formula is C13H18N2OS. The van der Waals surface area contributed by atoms with Gasteiger partial charge < -0.3 is 11.1 Å². The van der Waals surface area contributed by atoms with Crippen molar-refractivity contribution < 1.29 is 4.79 Å². The Kier molecular flexibility index (Phi) is 2.92. The van der Waals surface area contributed by atoms with E-state index >= 15 is 0 Å². The third-order valence-electron chi connectivity index (χ3n) is 4.20. The molecule has 17 heavy (non-hydrogen) atoms. The Morgan fingerprint density at radius 1 is 1.47 bits per heavy atom. The van der Waals surface area contributed by atoms with Crippen LogP contribution in [0.25, 0.3) is 0 Å². The quantitative estimate of drug-likeness (QED) is 0.862. The lowest BCUT2D eigenvalue weighted by atomic mass is 9.95. The monoisotopic (exact) mass is 250 g/mol. The van der Waals surface area contributed by atoms with Gasteiger partial charge in [-0.2, -0.15) is 0 Å². The average Bonchev–Trinajstić information content (AvgIpc) is 3.04. The van der Waals surface area contributed by atoms with Crippen LogP contribution in [0.5, 0.6) is 0 Å². The van der Waals surface area contributed by atoms with E-state index in [-0.39, 0.29) is 5.91 Å². The molecule has 4 atom stereocenters. The van der Waals surface area contributed by atoms with Gasteiger partial charge in [0.1, 0.15) is 6.04 Å². The van der Waals surface area contributed by atoms with Gasteiger partial charge in [-0.3, -0.25) is 4.79 Å². The molecule has 1 amide bonds. The molecule has 92 valence electrons. The van der Waals surface area contributed by atoms with Crippen molar-refractivity contribution in [3.63, 3.8) is 0 Å². The van der Waals surface area contributed by atoms with Crippen LogP contribution in [0.4, 0.5) is 0 Å². The molecule has 1 heterocycles. The first-order valence-corrected chi connectivity index (χ1v) is 7.21. The van der Waals surface area contributed by atoms with E-state index in [4.69, 9.17) is 5.73 Å². The summed E-state index contributed by atoms with van der Waals surface area (Å²) in [5.74, 6) is 1.55. The Hall–Kier alpha value is -0.870. The summed E-state index contributed by atoms with van der Waals surface area (Å²) in [6.45, 7) is 0. The predicted octanol–water partition coefficient (Wildman–Crippen LogP) is 2.05. The number of fused-ring (bicyclic) bond motifs is 2. The average molecular weight is 250 g/mol. The molecular weight excluding hydrogens is 232 g/mol. The first kappa shape index (κ1) is 11.2. The van der Waals surface area contributed by atoms with Crippen molar-refractivity contribution in [1.82, 2.24) is 5.32 Å². The second-order valence-electron chi connectivity index (χ2n) is 5.28. The molecule has 0 saturated heterocycles. The fraction of sp³-hybridized carbons (Fsp3) is 0.615. The highest BCUT2D eigenvalue weighted by molar-refractivity contribution is 7.10. The van der Waals surface area contributed by atoms with Crippen LogP contribution >= 0.6 is 11.3 Å². The highest BCUT2D eigenvalue weighted by atomic mass is 32.1. The van der Waals surface area contributed by atoms with Crippen molar-refractivity contribution in [2.24, 2.45) is 17.6 Å². The summed E-state index contributed by atoms with van der Waals surface area (Å²) in [6, 6.07) is 3.75. The van der Waals surface area contributed by atoms with Gasteiger partial charge in [0.25, 0.3) is 0 Å². The molecule has 3 rings (SSSR count). The van der Waals surface area contributed by atoms with Crippen molar-refractivity contribution >= 4 is 17.2 Å².